The number of carbonyl (C=O) groups excluding carboxylic acids is 1. The van der Waals surface area contributed by atoms with Crippen molar-refractivity contribution in [2.24, 2.45) is 0 Å². The van der Waals surface area contributed by atoms with Gasteiger partial charge in [-0.05, 0) is 32.8 Å². The zero-order valence-corrected chi connectivity index (χ0v) is 14.4. The summed E-state index contributed by atoms with van der Waals surface area (Å²) in [7, 11) is -0.0580. The molecule has 1 aliphatic rings. The largest absolute Gasteiger partial charge is 0.343 e. The summed E-state index contributed by atoms with van der Waals surface area (Å²) in [6.07, 6.45) is 2.58. The molecule has 2 heterocycles. The van der Waals surface area contributed by atoms with Gasteiger partial charge in [-0.3, -0.25) is 4.79 Å². The summed E-state index contributed by atoms with van der Waals surface area (Å²) in [6.45, 7) is 4.05. The van der Waals surface area contributed by atoms with Gasteiger partial charge in [-0.2, -0.15) is 4.31 Å². The number of nitrogens with zero attached hydrogens (tertiary/aromatic N) is 4. The summed E-state index contributed by atoms with van der Waals surface area (Å²) in [6, 6.07) is 1.62. The number of hydrogen-bond acceptors (Lipinski definition) is 5. The smallest absolute Gasteiger partial charge is 0.272 e. The molecule has 122 valence electrons. The minimum absolute atomic E-state index is 0.223. The Morgan fingerprint density at radius 1 is 1.36 bits per heavy atom. The van der Waals surface area contributed by atoms with Gasteiger partial charge in [-0.1, -0.05) is 0 Å². The highest BCUT2D eigenvalue weighted by molar-refractivity contribution is 7.88. The van der Waals surface area contributed by atoms with E-state index < -0.39 is 15.6 Å². The molecule has 8 heteroatoms. The average Bonchev–Trinajstić information content (AvgIpc) is 2.80. The summed E-state index contributed by atoms with van der Waals surface area (Å²) in [4.78, 5) is 22.4. The summed E-state index contributed by atoms with van der Waals surface area (Å²) in [5.41, 5.74) is 0.131. The van der Waals surface area contributed by atoms with Crippen LogP contribution in [0.4, 0.5) is 0 Å². The molecule has 1 saturated heterocycles. The van der Waals surface area contributed by atoms with E-state index in [1.165, 1.54) is 15.5 Å². The van der Waals surface area contributed by atoms with Crippen LogP contribution < -0.4 is 0 Å². The van der Waals surface area contributed by atoms with Crippen LogP contribution in [0.3, 0.4) is 0 Å². The minimum Gasteiger partial charge on any atom is -0.343 e. The van der Waals surface area contributed by atoms with Crippen molar-refractivity contribution in [1.29, 1.82) is 0 Å². The summed E-state index contributed by atoms with van der Waals surface area (Å²) < 4.78 is 25.5. The Morgan fingerprint density at radius 3 is 2.55 bits per heavy atom. The van der Waals surface area contributed by atoms with Crippen LogP contribution >= 0.6 is 0 Å². The fourth-order valence-electron chi connectivity index (χ4n) is 2.84. The molecular formula is C14H22N4O3S. The van der Waals surface area contributed by atoms with E-state index in [0.29, 0.717) is 24.5 Å². The van der Waals surface area contributed by atoms with Crippen LogP contribution in [-0.4, -0.2) is 60.4 Å². The second-order valence-corrected chi connectivity index (χ2v) is 8.04. The molecule has 2 rings (SSSR count). The minimum atomic E-state index is -3.36. The Kier molecular flexibility index (Phi) is 4.27. The molecule has 22 heavy (non-hydrogen) atoms. The number of rotatable bonds is 3. The van der Waals surface area contributed by atoms with E-state index in [1.54, 1.807) is 27.1 Å². The molecule has 7 nitrogen and oxygen atoms in total. The van der Waals surface area contributed by atoms with Crippen molar-refractivity contribution in [3.8, 4) is 0 Å². The molecule has 0 bridgehead atoms. The van der Waals surface area contributed by atoms with Crippen molar-refractivity contribution in [3.63, 3.8) is 0 Å². The van der Waals surface area contributed by atoms with Crippen LogP contribution in [0.1, 0.15) is 41.8 Å². The Morgan fingerprint density at radius 2 is 2.00 bits per heavy atom. The van der Waals surface area contributed by atoms with Gasteiger partial charge in [-0.25, -0.2) is 18.4 Å². The standard InChI is InChI=1S/C14H22N4O3S/c1-10-9-11(12(19)17(3)4)16-13(15-10)14(2)7-6-8-18(14)22(5,20)21/h9H,6-8H2,1-5H3. The van der Waals surface area contributed by atoms with Gasteiger partial charge in [0.05, 0.1) is 11.8 Å². The fourth-order valence-corrected chi connectivity index (χ4v) is 4.21. The predicted octanol–water partition coefficient (Wildman–Crippen LogP) is 0.757. The van der Waals surface area contributed by atoms with Crippen molar-refractivity contribution in [3.05, 3.63) is 23.3 Å². The predicted molar refractivity (Wildman–Crippen MR) is 82.9 cm³/mol. The van der Waals surface area contributed by atoms with E-state index in [0.717, 1.165) is 6.42 Å². The normalized spacial score (nSPS) is 22.8. The third kappa shape index (κ3) is 2.98. The lowest BCUT2D eigenvalue weighted by Gasteiger charge is -2.32. The van der Waals surface area contributed by atoms with E-state index in [4.69, 9.17) is 0 Å². The lowest BCUT2D eigenvalue weighted by atomic mass is 9.99. The van der Waals surface area contributed by atoms with Crippen LogP contribution in [0.5, 0.6) is 0 Å². The maximum atomic E-state index is 12.2. The van der Waals surface area contributed by atoms with E-state index in [2.05, 4.69) is 9.97 Å². The van der Waals surface area contributed by atoms with Crippen LogP contribution in [0.15, 0.2) is 6.07 Å². The summed E-state index contributed by atoms with van der Waals surface area (Å²) in [5.74, 6) is 0.167. The Balaban J connectivity index is 2.54. The first-order chi connectivity index (χ1) is 10.1. The van der Waals surface area contributed by atoms with Gasteiger partial charge >= 0.3 is 0 Å². The highest BCUT2D eigenvalue weighted by atomic mass is 32.2. The fraction of sp³-hybridized carbons (Fsp3) is 0.643. The van der Waals surface area contributed by atoms with Gasteiger partial charge < -0.3 is 4.90 Å². The molecule has 0 radical (unpaired) electrons. The topological polar surface area (TPSA) is 83.5 Å². The van der Waals surface area contributed by atoms with Gasteiger partial charge in [-0.15, -0.1) is 0 Å². The van der Waals surface area contributed by atoms with Gasteiger partial charge in [0, 0.05) is 26.3 Å². The Bertz CT molecular complexity index is 702. The van der Waals surface area contributed by atoms with Gasteiger partial charge in [0.2, 0.25) is 10.0 Å². The van der Waals surface area contributed by atoms with Crippen molar-refractivity contribution < 1.29 is 13.2 Å². The molecule has 1 atom stereocenters. The summed E-state index contributed by atoms with van der Waals surface area (Å²) in [5, 5.41) is 0. The number of sulfonamides is 1. The molecule has 1 aliphatic heterocycles. The zero-order valence-electron chi connectivity index (χ0n) is 13.6. The third-order valence-corrected chi connectivity index (χ3v) is 5.32. The second kappa shape index (κ2) is 5.58. The molecule has 1 fully saturated rings. The lowest BCUT2D eigenvalue weighted by Crippen LogP contribution is -2.43. The molecule has 0 aromatic carbocycles. The number of aromatic nitrogens is 2. The van der Waals surface area contributed by atoms with Gasteiger partial charge in [0.15, 0.2) is 0 Å². The maximum Gasteiger partial charge on any atom is 0.272 e. The molecule has 0 spiro atoms. The molecular weight excluding hydrogens is 304 g/mol. The molecule has 1 aromatic heterocycles. The van der Waals surface area contributed by atoms with Gasteiger partial charge in [0.1, 0.15) is 11.5 Å². The molecule has 0 saturated carbocycles. The third-order valence-electron chi connectivity index (χ3n) is 3.94. The summed E-state index contributed by atoms with van der Waals surface area (Å²) >= 11 is 0. The first-order valence-corrected chi connectivity index (χ1v) is 8.96. The van der Waals surface area contributed by atoms with Crippen LogP contribution in [0.25, 0.3) is 0 Å². The van der Waals surface area contributed by atoms with Crippen molar-refractivity contribution in [1.82, 2.24) is 19.2 Å². The molecule has 0 aliphatic carbocycles. The van der Waals surface area contributed by atoms with Crippen molar-refractivity contribution >= 4 is 15.9 Å². The first kappa shape index (κ1) is 16.8. The molecule has 1 aromatic rings. The van der Waals surface area contributed by atoms with Crippen LogP contribution in [0, 0.1) is 6.92 Å². The highest BCUT2D eigenvalue weighted by Gasteiger charge is 2.45. The van der Waals surface area contributed by atoms with Crippen LogP contribution in [-0.2, 0) is 15.6 Å². The number of aryl methyl sites for hydroxylation is 1. The Hall–Kier alpha value is -1.54. The van der Waals surface area contributed by atoms with Crippen molar-refractivity contribution in [2.45, 2.75) is 32.2 Å². The average molecular weight is 326 g/mol. The van der Waals surface area contributed by atoms with E-state index in [9.17, 15) is 13.2 Å². The van der Waals surface area contributed by atoms with Crippen molar-refractivity contribution in [2.75, 3.05) is 26.9 Å². The van der Waals surface area contributed by atoms with E-state index in [-0.39, 0.29) is 11.6 Å². The number of carbonyl (C=O) groups is 1. The zero-order chi connectivity index (χ0) is 16.7. The van der Waals surface area contributed by atoms with E-state index >= 15 is 0 Å². The number of hydrogen-bond donors (Lipinski definition) is 0. The monoisotopic (exact) mass is 326 g/mol. The SMILES string of the molecule is Cc1cc(C(=O)N(C)C)nc(C2(C)CCCN2S(C)(=O)=O)n1. The quantitative estimate of drug-likeness (QED) is 0.819. The van der Waals surface area contributed by atoms with Gasteiger partial charge in [0.25, 0.3) is 5.91 Å². The number of amides is 1. The molecule has 1 amide bonds. The maximum absolute atomic E-state index is 12.2. The molecule has 1 unspecified atom stereocenters. The molecule has 0 N–H and O–H groups in total. The lowest BCUT2D eigenvalue weighted by molar-refractivity contribution is 0.0820. The first-order valence-electron chi connectivity index (χ1n) is 7.11. The second-order valence-electron chi connectivity index (χ2n) is 6.13. The Labute approximate surface area is 131 Å². The van der Waals surface area contributed by atoms with E-state index in [1.807, 2.05) is 6.92 Å². The highest BCUT2D eigenvalue weighted by Crippen LogP contribution is 2.38. The van der Waals surface area contributed by atoms with Crippen LogP contribution in [0.2, 0.25) is 0 Å².